The van der Waals surface area contributed by atoms with Crippen molar-refractivity contribution in [1.29, 1.82) is 0 Å². The molecule has 0 radical (unpaired) electrons. The molecular formula is C23H28ClN5O4S. The van der Waals surface area contributed by atoms with Crippen molar-refractivity contribution in [1.82, 2.24) is 25.2 Å². The molecule has 4 heterocycles. The van der Waals surface area contributed by atoms with Gasteiger partial charge in [-0.05, 0) is 45.7 Å². The van der Waals surface area contributed by atoms with Gasteiger partial charge in [-0.3, -0.25) is 9.48 Å². The van der Waals surface area contributed by atoms with Crippen LogP contribution in [-0.4, -0.2) is 63.5 Å². The van der Waals surface area contributed by atoms with Gasteiger partial charge in [-0.15, -0.1) is 11.3 Å². The number of piperidine rings is 1. The van der Waals surface area contributed by atoms with Crippen LogP contribution in [0.25, 0.3) is 10.6 Å². The Morgan fingerprint density at radius 1 is 1.29 bits per heavy atom. The molecule has 1 aliphatic rings. The van der Waals surface area contributed by atoms with Gasteiger partial charge in [-0.2, -0.15) is 5.10 Å². The number of nitrogens with one attached hydrogen (secondary N) is 1. The molecule has 3 aromatic heterocycles. The highest BCUT2D eigenvalue weighted by molar-refractivity contribution is 7.19. The largest absolute Gasteiger partial charge is 0.461 e. The molecule has 1 saturated heterocycles. The molecular weight excluding hydrogens is 478 g/mol. The summed E-state index contributed by atoms with van der Waals surface area (Å²) in [5.74, 6) is -0.276. The van der Waals surface area contributed by atoms with Crippen molar-refractivity contribution < 1.29 is 18.8 Å². The summed E-state index contributed by atoms with van der Waals surface area (Å²) in [5, 5.41) is 11.5. The number of hydrogen-bond acceptors (Lipinski definition) is 8. The number of ether oxygens (including phenoxy) is 1. The average molecular weight is 506 g/mol. The monoisotopic (exact) mass is 505 g/mol. The van der Waals surface area contributed by atoms with Gasteiger partial charge in [0.15, 0.2) is 11.5 Å². The molecule has 34 heavy (non-hydrogen) atoms. The molecule has 9 nitrogen and oxygen atoms in total. The Kier molecular flexibility index (Phi) is 7.70. The number of thiophene rings is 1. The molecule has 4 rings (SSSR count). The topological polar surface area (TPSA) is 102 Å². The van der Waals surface area contributed by atoms with Crippen LogP contribution < -0.4 is 5.32 Å². The van der Waals surface area contributed by atoms with E-state index in [1.165, 1.54) is 22.1 Å². The zero-order valence-corrected chi connectivity index (χ0v) is 21.0. The van der Waals surface area contributed by atoms with E-state index in [2.05, 4.69) is 34.3 Å². The zero-order chi connectivity index (χ0) is 24.2. The third-order valence-electron chi connectivity index (χ3n) is 5.78. The van der Waals surface area contributed by atoms with E-state index in [-0.39, 0.29) is 36.5 Å². The van der Waals surface area contributed by atoms with Crippen LogP contribution in [0.1, 0.15) is 60.3 Å². The van der Waals surface area contributed by atoms with Crippen LogP contribution in [0.3, 0.4) is 0 Å². The van der Waals surface area contributed by atoms with E-state index in [1.807, 2.05) is 6.07 Å². The first-order valence-corrected chi connectivity index (χ1v) is 12.5. The lowest BCUT2D eigenvalue weighted by atomic mass is 10.0. The quantitative estimate of drug-likeness (QED) is 0.460. The molecule has 0 unspecified atom stereocenters. The van der Waals surface area contributed by atoms with E-state index in [1.54, 1.807) is 19.1 Å². The summed E-state index contributed by atoms with van der Waals surface area (Å²) in [6.45, 7) is 8.33. The summed E-state index contributed by atoms with van der Waals surface area (Å²) < 4.78 is 12.6. The molecule has 0 saturated carbocycles. The van der Waals surface area contributed by atoms with Crippen LogP contribution in [0.15, 0.2) is 28.8 Å². The van der Waals surface area contributed by atoms with Gasteiger partial charge >= 0.3 is 5.97 Å². The SMILES string of the molecule is CCOC(=O)c1cc(C(=O)NC2CCN(C(C)C)CC2)n(Cc2cc(-c3ccc(Cl)s3)on2)n1. The van der Waals surface area contributed by atoms with Gasteiger partial charge in [-0.25, -0.2) is 4.79 Å². The number of aromatic nitrogens is 3. The fraction of sp³-hybridized carbons (Fsp3) is 0.478. The lowest BCUT2D eigenvalue weighted by Gasteiger charge is -2.34. The van der Waals surface area contributed by atoms with Gasteiger partial charge in [-0.1, -0.05) is 16.8 Å². The van der Waals surface area contributed by atoms with Crippen molar-refractivity contribution >= 4 is 34.8 Å². The first-order chi connectivity index (χ1) is 16.3. The number of likely N-dealkylation sites (tertiary alicyclic amines) is 1. The first kappa shape index (κ1) is 24.4. The Morgan fingerprint density at radius 2 is 2.06 bits per heavy atom. The number of rotatable bonds is 8. The van der Waals surface area contributed by atoms with Crippen LogP contribution in [-0.2, 0) is 11.3 Å². The summed E-state index contributed by atoms with van der Waals surface area (Å²) in [4.78, 5) is 28.7. The highest BCUT2D eigenvalue weighted by atomic mass is 35.5. The Hall–Kier alpha value is -2.69. The summed E-state index contributed by atoms with van der Waals surface area (Å²) >= 11 is 7.40. The molecule has 0 bridgehead atoms. The van der Waals surface area contributed by atoms with E-state index >= 15 is 0 Å². The van der Waals surface area contributed by atoms with E-state index in [9.17, 15) is 9.59 Å². The van der Waals surface area contributed by atoms with E-state index in [4.69, 9.17) is 20.9 Å². The molecule has 11 heteroatoms. The molecule has 1 fully saturated rings. The molecule has 0 atom stereocenters. The maximum Gasteiger partial charge on any atom is 0.358 e. The second kappa shape index (κ2) is 10.7. The van der Waals surface area contributed by atoms with Crippen LogP contribution in [0, 0.1) is 0 Å². The second-order valence-corrected chi connectivity index (χ2v) is 10.2. The van der Waals surface area contributed by atoms with Gasteiger partial charge in [0.05, 0.1) is 22.4 Å². The second-order valence-electron chi connectivity index (χ2n) is 8.46. The van der Waals surface area contributed by atoms with Crippen molar-refractivity contribution in [3.8, 4) is 10.6 Å². The molecule has 1 aliphatic heterocycles. The summed E-state index contributed by atoms with van der Waals surface area (Å²) in [7, 11) is 0. The van der Waals surface area contributed by atoms with Crippen LogP contribution in [0.4, 0.5) is 0 Å². The van der Waals surface area contributed by atoms with Crippen LogP contribution in [0.5, 0.6) is 0 Å². The van der Waals surface area contributed by atoms with Gasteiger partial charge in [0.25, 0.3) is 5.91 Å². The van der Waals surface area contributed by atoms with Crippen molar-refractivity contribution in [2.75, 3.05) is 19.7 Å². The van der Waals surface area contributed by atoms with Gasteiger partial charge in [0.1, 0.15) is 11.4 Å². The summed E-state index contributed by atoms with van der Waals surface area (Å²) in [6, 6.07) is 7.44. The number of amides is 1. The molecule has 3 aromatic rings. The van der Waals surface area contributed by atoms with Crippen LogP contribution in [0.2, 0.25) is 4.34 Å². The Bertz CT molecular complexity index is 1150. The molecule has 0 aliphatic carbocycles. The number of halogens is 1. The summed E-state index contributed by atoms with van der Waals surface area (Å²) in [5.41, 5.74) is 0.922. The third kappa shape index (κ3) is 5.68. The Labute approximate surface area is 207 Å². The number of carbonyl (C=O) groups is 2. The minimum atomic E-state index is -0.574. The van der Waals surface area contributed by atoms with Crippen molar-refractivity contribution in [3.05, 3.63) is 45.7 Å². The number of nitrogens with zero attached hydrogens (tertiary/aromatic N) is 4. The van der Waals surface area contributed by atoms with Gasteiger partial charge in [0.2, 0.25) is 0 Å². The standard InChI is InChI=1S/C23H28ClN5O4S/c1-4-32-23(31)17-12-18(22(30)25-15-7-9-28(10-8-15)14(2)3)29(26-17)13-16-11-19(33-27-16)20-5-6-21(24)34-20/h5-6,11-12,14-15H,4,7-10,13H2,1-3H3,(H,25,30). The molecule has 0 spiro atoms. The Morgan fingerprint density at radius 3 is 2.71 bits per heavy atom. The van der Waals surface area contributed by atoms with Crippen molar-refractivity contribution in [2.45, 2.75) is 52.2 Å². The molecule has 182 valence electrons. The highest BCUT2D eigenvalue weighted by Gasteiger charge is 2.26. The van der Waals surface area contributed by atoms with Crippen LogP contribution >= 0.6 is 22.9 Å². The van der Waals surface area contributed by atoms with Gasteiger partial charge in [0, 0.05) is 37.3 Å². The van der Waals surface area contributed by atoms with E-state index < -0.39 is 5.97 Å². The maximum atomic E-state index is 13.2. The molecule has 1 N–H and O–H groups in total. The minimum Gasteiger partial charge on any atom is -0.461 e. The average Bonchev–Trinajstić information content (AvgIpc) is 3.54. The number of hydrogen-bond donors (Lipinski definition) is 1. The van der Waals surface area contributed by atoms with Crippen molar-refractivity contribution in [2.24, 2.45) is 0 Å². The highest BCUT2D eigenvalue weighted by Crippen LogP contribution is 2.31. The minimum absolute atomic E-state index is 0.0686. The predicted octanol–water partition coefficient (Wildman–Crippen LogP) is 4.08. The molecule has 1 amide bonds. The fourth-order valence-electron chi connectivity index (χ4n) is 3.95. The lowest BCUT2D eigenvalue weighted by Crippen LogP contribution is -2.46. The predicted molar refractivity (Wildman–Crippen MR) is 129 cm³/mol. The number of carbonyl (C=O) groups excluding carboxylic acids is 2. The Balaban J connectivity index is 1.51. The maximum absolute atomic E-state index is 13.2. The number of esters is 1. The van der Waals surface area contributed by atoms with Gasteiger partial charge < -0.3 is 19.5 Å². The van der Waals surface area contributed by atoms with Crippen molar-refractivity contribution in [3.63, 3.8) is 0 Å². The first-order valence-electron chi connectivity index (χ1n) is 11.3. The van der Waals surface area contributed by atoms with E-state index in [0.717, 1.165) is 30.8 Å². The lowest BCUT2D eigenvalue weighted by molar-refractivity contribution is 0.0518. The summed E-state index contributed by atoms with van der Waals surface area (Å²) in [6.07, 6.45) is 1.75. The third-order valence-corrected chi connectivity index (χ3v) is 7.02. The smallest absolute Gasteiger partial charge is 0.358 e. The fourth-order valence-corrected chi connectivity index (χ4v) is 4.94. The van der Waals surface area contributed by atoms with E-state index in [0.29, 0.717) is 21.8 Å². The zero-order valence-electron chi connectivity index (χ0n) is 19.4. The normalized spacial score (nSPS) is 15.1. The molecule has 0 aromatic carbocycles.